The predicted molar refractivity (Wildman–Crippen MR) is 112 cm³/mol. The van der Waals surface area contributed by atoms with Gasteiger partial charge >= 0.3 is 0 Å². The number of benzene rings is 1. The largest absolute Gasteiger partial charge is 0.497 e. The molecule has 0 aromatic heterocycles. The second-order valence-corrected chi connectivity index (χ2v) is 7.35. The van der Waals surface area contributed by atoms with Gasteiger partial charge in [-0.05, 0) is 54.2 Å². The second-order valence-electron chi connectivity index (χ2n) is 6.94. The number of methoxy groups -OCH3 is 2. The Bertz CT molecular complexity index is 671. The van der Waals surface area contributed by atoms with Gasteiger partial charge < -0.3 is 14.8 Å². The van der Waals surface area contributed by atoms with Crippen LogP contribution in [0.1, 0.15) is 38.7 Å². The zero-order valence-electron chi connectivity index (χ0n) is 16.4. The molecule has 1 saturated carbocycles. The van der Waals surface area contributed by atoms with Crippen LogP contribution in [0.4, 0.5) is 0 Å². The normalized spacial score (nSPS) is 22.1. The molecule has 3 atom stereocenters. The molecule has 0 saturated heterocycles. The van der Waals surface area contributed by atoms with Crippen LogP contribution in [-0.4, -0.2) is 31.3 Å². The molecular weight excluding hydrogens is 362 g/mol. The number of nitrogens with one attached hydrogen (secondary N) is 3. The first-order chi connectivity index (χ1) is 12.9. The maximum atomic E-state index is 12.0. The van der Waals surface area contributed by atoms with E-state index in [1.165, 1.54) is 18.9 Å². The van der Waals surface area contributed by atoms with Gasteiger partial charge in [0.25, 0.3) is 5.91 Å². The second kappa shape index (κ2) is 10.2. The van der Waals surface area contributed by atoms with E-state index in [2.05, 4.69) is 30.0 Å². The minimum absolute atomic E-state index is 0.300. The standard InChI is InChI=1S/C20H29N3O3S/c1-13-6-5-7-18(14(13)2)21-20(27)23-22-19(24)9-8-15-10-16(25-3)12-17(11-15)26-4/h8-14,18H,5-7H2,1-4H3,(H,22,24)(H2,21,23,27)/b9-8+/t13-,14+,18+/m0/s1. The van der Waals surface area contributed by atoms with Crippen molar-refractivity contribution in [1.29, 1.82) is 0 Å². The molecule has 0 bridgehead atoms. The van der Waals surface area contributed by atoms with Gasteiger partial charge in [0.15, 0.2) is 5.11 Å². The van der Waals surface area contributed by atoms with Crippen LogP contribution in [-0.2, 0) is 4.79 Å². The van der Waals surface area contributed by atoms with Crippen LogP contribution in [0.15, 0.2) is 24.3 Å². The van der Waals surface area contributed by atoms with Crippen LogP contribution >= 0.6 is 12.2 Å². The van der Waals surface area contributed by atoms with Gasteiger partial charge in [0.2, 0.25) is 0 Å². The van der Waals surface area contributed by atoms with Gasteiger partial charge in [-0.15, -0.1) is 0 Å². The molecule has 27 heavy (non-hydrogen) atoms. The fourth-order valence-electron chi connectivity index (χ4n) is 3.25. The van der Waals surface area contributed by atoms with E-state index in [1.54, 1.807) is 26.4 Å². The molecule has 1 aliphatic carbocycles. The third-order valence-electron chi connectivity index (χ3n) is 5.12. The Morgan fingerprint density at radius 2 is 1.78 bits per heavy atom. The predicted octanol–water partition coefficient (Wildman–Crippen LogP) is 3.04. The SMILES string of the molecule is COc1cc(/C=C/C(=O)NNC(=S)N[C@@H]2CCC[C@H](C)[C@H]2C)cc(OC)c1. The summed E-state index contributed by atoms with van der Waals surface area (Å²) in [6.07, 6.45) is 6.67. The van der Waals surface area contributed by atoms with E-state index in [4.69, 9.17) is 21.7 Å². The molecule has 3 N–H and O–H groups in total. The average Bonchev–Trinajstić information content (AvgIpc) is 2.68. The summed E-state index contributed by atoms with van der Waals surface area (Å²) in [5, 5.41) is 3.74. The van der Waals surface area contributed by atoms with Crippen LogP contribution < -0.4 is 25.6 Å². The first-order valence-electron chi connectivity index (χ1n) is 9.20. The van der Waals surface area contributed by atoms with E-state index in [-0.39, 0.29) is 5.91 Å². The van der Waals surface area contributed by atoms with Crippen LogP contribution in [0.2, 0.25) is 0 Å². The molecule has 0 radical (unpaired) electrons. The highest BCUT2D eigenvalue weighted by molar-refractivity contribution is 7.80. The topological polar surface area (TPSA) is 71.6 Å². The Morgan fingerprint density at radius 3 is 2.41 bits per heavy atom. The molecule has 0 heterocycles. The third kappa shape index (κ3) is 6.43. The monoisotopic (exact) mass is 391 g/mol. The van der Waals surface area contributed by atoms with Gasteiger partial charge in [0.1, 0.15) is 11.5 Å². The van der Waals surface area contributed by atoms with Crippen molar-refractivity contribution in [2.75, 3.05) is 14.2 Å². The van der Waals surface area contributed by atoms with Gasteiger partial charge in [-0.25, -0.2) is 0 Å². The molecule has 1 amide bonds. The minimum Gasteiger partial charge on any atom is -0.497 e. The number of amides is 1. The van der Waals surface area contributed by atoms with Crippen molar-refractivity contribution in [2.24, 2.45) is 11.8 Å². The number of rotatable bonds is 5. The highest BCUT2D eigenvalue weighted by Crippen LogP contribution is 2.29. The molecule has 7 heteroatoms. The molecule has 0 aliphatic heterocycles. The highest BCUT2D eigenvalue weighted by Gasteiger charge is 2.27. The summed E-state index contributed by atoms with van der Waals surface area (Å²) in [5.41, 5.74) is 6.15. The summed E-state index contributed by atoms with van der Waals surface area (Å²) < 4.78 is 10.4. The van der Waals surface area contributed by atoms with Crippen molar-refractivity contribution >= 4 is 29.3 Å². The molecule has 0 unspecified atom stereocenters. The van der Waals surface area contributed by atoms with Crippen LogP contribution in [0.25, 0.3) is 6.08 Å². The summed E-state index contributed by atoms with van der Waals surface area (Å²) in [7, 11) is 3.17. The molecule has 1 aliphatic rings. The molecule has 1 aromatic rings. The lowest BCUT2D eigenvalue weighted by Gasteiger charge is -2.35. The summed E-state index contributed by atoms with van der Waals surface area (Å²) in [5.74, 6) is 2.25. The number of carbonyl (C=O) groups excluding carboxylic acids is 1. The number of ether oxygens (including phenoxy) is 2. The van der Waals surface area contributed by atoms with Crippen molar-refractivity contribution in [1.82, 2.24) is 16.2 Å². The number of carbonyl (C=O) groups is 1. The van der Waals surface area contributed by atoms with Crippen molar-refractivity contribution < 1.29 is 14.3 Å². The van der Waals surface area contributed by atoms with Gasteiger partial charge in [-0.3, -0.25) is 15.6 Å². The lowest BCUT2D eigenvalue weighted by molar-refractivity contribution is -0.116. The molecule has 148 valence electrons. The lowest BCUT2D eigenvalue weighted by atomic mass is 9.78. The van der Waals surface area contributed by atoms with Gasteiger partial charge in [-0.2, -0.15) is 0 Å². The zero-order chi connectivity index (χ0) is 19.8. The molecule has 1 aromatic carbocycles. The highest BCUT2D eigenvalue weighted by atomic mass is 32.1. The summed E-state index contributed by atoms with van der Waals surface area (Å²) in [6, 6.07) is 5.75. The quantitative estimate of drug-likeness (QED) is 0.407. The number of hydrogen-bond acceptors (Lipinski definition) is 4. The molecule has 0 spiro atoms. The maximum absolute atomic E-state index is 12.0. The number of hydrogen-bond donors (Lipinski definition) is 3. The molecule has 6 nitrogen and oxygen atoms in total. The van der Waals surface area contributed by atoms with E-state index < -0.39 is 0 Å². The molecular formula is C20H29N3O3S. The molecule has 1 fully saturated rings. The Balaban J connectivity index is 1.83. The van der Waals surface area contributed by atoms with E-state index in [0.717, 1.165) is 12.0 Å². The van der Waals surface area contributed by atoms with E-state index in [9.17, 15) is 4.79 Å². The Morgan fingerprint density at radius 1 is 1.11 bits per heavy atom. The van der Waals surface area contributed by atoms with Crippen LogP contribution in [0.3, 0.4) is 0 Å². The van der Waals surface area contributed by atoms with Gasteiger partial charge in [0.05, 0.1) is 14.2 Å². The van der Waals surface area contributed by atoms with Crippen LogP contribution in [0.5, 0.6) is 11.5 Å². The van der Waals surface area contributed by atoms with Crippen molar-refractivity contribution in [2.45, 2.75) is 39.2 Å². The van der Waals surface area contributed by atoms with Crippen molar-refractivity contribution in [3.05, 3.63) is 29.8 Å². The Hall–Kier alpha value is -2.28. The third-order valence-corrected chi connectivity index (χ3v) is 5.34. The summed E-state index contributed by atoms with van der Waals surface area (Å²) in [6.45, 7) is 4.52. The summed E-state index contributed by atoms with van der Waals surface area (Å²) in [4.78, 5) is 12.0. The number of hydrazine groups is 1. The lowest BCUT2D eigenvalue weighted by Crippen LogP contribution is -2.52. The Labute approximate surface area is 166 Å². The van der Waals surface area contributed by atoms with Gasteiger partial charge in [0, 0.05) is 18.2 Å². The number of thiocarbonyl (C=S) groups is 1. The van der Waals surface area contributed by atoms with Crippen LogP contribution in [0, 0.1) is 11.8 Å². The van der Waals surface area contributed by atoms with E-state index >= 15 is 0 Å². The smallest absolute Gasteiger partial charge is 0.262 e. The maximum Gasteiger partial charge on any atom is 0.262 e. The van der Waals surface area contributed by atoms with E-state index in [0.29, 0.717) is 34.5 Å². The first kappa shape index (κ1) is 21.0. The zero-order valence-corrected chi connectivity index (χ0v) is 17.2. The van der Waals surface area contributed by atoms with Gasteiger partial charge in [-0.1, -0.05) is 26.7 Å². The van der Waals surface area contributed by atoms with Crippen molar-refractivity contribution in [3.8, 4) is 11.5 Å². The minimum atomic E-state index is -0.300. The molecule has 2 rings (SSSR count). The first-order valence-corrected chi connectivity index (χ1v) is 9.61. The summed E-state index contributed by atoms with van der Waals surface area (Å²) >= 11 is 5.29. The fraction of sp³-hybridized carbons (Fsp3) is 0.500. The Kier molecular flexibility index (Phi) is 7.91. The van der Waals surface area contributed by atoms with E-state index in [1.807, 2.05) is 12.1 Å². The average molecular weight is 392 g/mol. The fourth-order valence-corrected chi connectivity index (χ4v) is 3.45. The van der Waals surface area contributed by atoms with Crippen molar-refractivity contribution in [3.63, 3.8) is 0 Å².